The average molecular weight is 341 g/mol. The zero-order chi connectivity index (χ0) is 17.6. The minimum atomic E-state index is -0.122. The number of hydrogen-bond acceptors (Lipinski definition) is 6. The standard InChI is InChI=1S/C18H19N3O4/c1-3-23-14-6-4-13(5-7-14)19-16(22)8-9-17-20-21-18(25-17)15-10-11-24-12(15)2/h4-7,10-11H,3,8-9H2,1-2H3,(H,19,22). The average Bonchev–Trinajstić information content (AvgIpc) is 3.23. The number of amides is 1. The lowest BCUT2D eigenvalue weighted by molar-refractivity contribution is -0.116. The number of anilines is 1. The van der Waals surface area contributed by atoms with Crippen LogP contribution in [0.2, 0.25) is 0 Å². The zero-order valence-corrected chi connectivity index (χ0v) is 14.1. The number of rotatable bonds is 7. The first-order chi connectivity index (χ1) is 12.2. The highest BCUT2D eigenvalue weighted by Crippen LogP contribution is 2.23. The SMILES string of the molecule is CCOc1ccc(NC(=O)CCc2nnc(-c3ccoc3C)o2)cc1. The Labute approximate surface area is 145 Å². The molecule has 2 heterocycles. The topological polar surface area (TPSA) is 90.4 Å². The van der Waals surface area contributed by atoms with Crippen molar-refractivity contribution in [2.45, 2.75) is 26.7 Å². The number of hydrogen-bond donors (Lipinski definition) is 1. The lowest BCUT2D eigenvalue weighted by Crippen LogP contribution is -2.12. The maximum Gasteiger partial charge on any atom is 0.251 e. The third kappa shape index (κ3) is 4.26. The number of aryl methyl sites for hydroxylation is 2. The number of aromatic nitrogens is 2. The van der Waals surface area contributed by atoms with Crippen molar-refractivity contribution in [1.82, 2.24) is 10.2 Å². The Balaban J connectivity index is 1.52. The molecule has 0 spiro atoms. The highest BCUT2D eigenvalue weighted by Gasteiger charge is 2.14. The third-order valence-electron chi connectivity index (χ3n) is 3.57. The molecule has 7 heteroatoms. The minimum absolute atomic E-state index is 0.122. The molecule has 0 aliphatic carbocycles. The highest BCUT2D eigenvalue weighted by molar-refractivity contribution is 5.90. The Morgan fingerprint density at radius 2 is 2.00 bits per heavy atom. The smallest absolute Gasteiger partial charge is 0.251 e. The van der Waals surface area contributed by atoms with Crippen molar-refractivity contribution in [2.24, 2.45) is 0 Å². The summed E-state index contributed by atoms with van der Waals surface area (Å²) in [6, 6.07) is 9.00. The van der Waals surface area contributed by atoms with E-state index in [1.807, 2.05) is 26.0 Å². The molecule has 3 aromatic rings. The molecule has 0 aliphatic rings. The molecule has 0 unspecified atom stereocenters. The number of nitrogens with one attached hydrogen (secondary N) is 1. The molecule has 7 nitrogen and oxygen atoms in total. The van der Waals surface area contributed by atoms with Crippen LogP contribution in [0, 0.1) is 6.92 Å². The molecule has 25 heavy (non-hydrogen) atoms. The van der Waals surface area contributed by atoms with Gasteiger partial charge in [-0.1, -0.05) is 0 Å². The second-order valence-corrected chi connectivity index (χ2v) is 5.40. The summed E-state index contributed by atoms with van der Waals surface area (Å²) in [5.41, 5.74) is 1.48. The molecule has 2 aromatic heterocycles. The van der Waals surface area contributed by atoms with Crippen LogP contribution in [-0.4, -0.2) is 22.7 Å². The summed E-state index contributed by atoms with van der Waals surface area (Å²) in [5.74, 6) is 2.17. The summed E-state index contributed by atoms with van der Waals surface area (Å²) >= 11 is 0. The van der Waals surface area contributed by atoms with Gasteiger partial charge in [0.25, 0.3) is 5.89 Å². The summed E-state index contributed by atoms with van der Waals surface area (Å²) in [7, 11) is 0. The van der Waals surface area contributed by atoms with E-state index in [1.54, 1.807) is 24.5 Å². The molecule has 0 saturated heterocycles. The fourth-order valence-electron chi connectivity index (χ4n) is 2.32. The maximum absolute atomic E-state index is 12.0. The van der Waals surface area contributed by atoms with Gasteiger partial charge in [-0.3, -0.25) is 4.79 Å². The van der Waals surface area contributed by atoms with E-state index in [2.05, 4.69) is 15.5 Å². The van der Waals surface area contributed by atoms with Gasteiger partial charge in [0.1, 0.15) is 11.5 Å². The number of benzene rings is 1. The van der Waals surface area contributed by atoms with E-state index < -0.39 is 0 Å². The van der Waals surface area contributed by atoms with Crippen LogP contribution < -0.4 is 10.1 Å². The number of carbonyl (C=O) groups excluding carboxylic acids is 1. The normalized spacial score (nSPS) is 10.6. The van der Waals surface area contributed by atoms with Gasteiger partial charge in [0, 0.05) is 18.5 Å². The van der Waals surface area contributed by atoms with Gasteiger partial charge >= 0.3 is 0 Å². The minimum Gasteiger partial charge on any atom is -0.494 e. The molecule has 0 radical (unpaired) electrons. The first-order valence-electron chi connectivity index (χ1n) is 8.05. The molecule has 0 aliphatic heterocycles. The first kappa shape index (κ1) is 16.8. The third-order valence-corrected chi connectivity index (χ3v) is 3.57. The molecule has 0 fully saturated rings. The molecule has 3 rings (SSSR count). The Morgan fingerprint density at radius 1 is 1.20 bits per heavy atom. The van der Waals surface area contributed by atoms with E-state index in [-0.39, 0.29) is 12.3 Å². The van der Waals surface area contributed by atoms with Crippen LogP contribution in [0.1, 0.15) is 25.0 Å². The quantitative estimate of drug-likeness (QED) is 0.706. The van der Waals surface area contributed by atoms with E-state index in [9.17, 15) is 4.79 Å². The van der Waals surface area contributed by atoms with Crippen molar-refractivity contribution in [3.8, 4) is 17.2 Å². The van der Waals surface area contributed by atoms with Crippen molar-refractivity contribution >= 4 is 11.6 Å². The van der Waals surface area contributed by atoms with Gasteiger partial charge in [-0.05, 0) is 44.2 Å². The number of carbonyl (C=O) groups is 1. The number of ether oxygens (including phenoxy) is 1. The summed E-state index contributed by atoms with van der Waals surface area (Å²) in [5, 5.41) is 10.8. The lowest BCUT2D eigenvalue weighted by Gasteiger charge is -2.06. The van der Waals surface area contributed by atoms with Gasteiger partial charge in [-0.2, -0.15) is 0 Å². The van der Waals surface area contributed by atoms with Crippen LogP contribution in [-0.2, 0) is 11.2 Å². The monoisotopic (exact) mass is 341 g/mol. The fraction of sp³-hybridized carbons (Fsp3) is 0.278. The Kier molecular flexibility index (Phi) is 5.13. The molecule has 1 N–H and O–H groups in total. The van der Waals surface area contributed by atoms with Crippen molar-refractivity contribution in [1.29, 1.82) is 0 Å². The summed E-state index contributed by atoms with van der Waals surface area (Å²) < 4.78 is 16.2. The Hall–Kier alpha value is -3.09. The van der Waals surface area contributed by atoms with Gasteiger partial charge < -0.3 is 18.9 Å². The van der Waals surface area contributed by atoms with Crippen molar-refractivity contribution in [2.75, 3.05) is 11.9 Å². The summed E-state index contributed by atoms with van der Waals surface area (Å²) in [6.45, 7) is 4.35. The van der Waals surface area contributed by atoms with Gasteiger partial charge in [-0.25, -0.2) is 0 Å². The van der Waals surface area contributed by atoms with Crippen LogP contribution in [0.15, 0.2) is 45.4 Å². The van der Waals surface area contributed by atoms with Crippen LogP contribution >= 0.6 is 0 Å². The zero-order valence-electron chi connectivity index (χ0n) is 14.1. The number of furan rings is 1. The van der Waals surface area contributed by atoms with E-state index in [4.69, 9.17) is 13.6 Å². The largest absolute Gasteiger partial charge is 0.494 e. The van der Waals surface area contributed by atoms with Crippen LogP contribution in [0.4, 0.5) is 5.69 Å². The molecule has 0 saturated carbocycles. The van der Waals surface area contributed by atoms with Crippen LogP contribution in [0.25, 0.3) is 11.5 Å². The van der Waals surface area contributed by atoms with Gasteiger partial charge in [-0.15, -0.1) is 10.2 Å². The molecule has 1 amide bonds. The van der Waals surface area contributed by atoms with Gasteiger partial charge in [0.05, 0.1) is 18.4 Å². The predicted molar refractivity (Wildman–Crippen MR) is 91.3 cm³/mol. The van der Waals surface area contributed by atoms with E-state index in [0.717, 1.165) is 11.3 Å². The predicted octanol–water partition coefficient (Wildman–Crippen LogP) is 3.61. The van der Waals surface area contributed by atoms with Crippen molar-refractivity contribution in [3.63, 3.8) is 0 Å². The molecule has 0 bridgehead atoms. The van der Waals surface area contributed by atoms with Crippen LogP contribution in [0.5, 0.6) is 5.75 Å². The van der Waals surface area contributed by atoms with Crippen molar-refractivity contribution in [3.05, 3.63) is 48.2 Å². The Bertz CT molecular complexity index is 836. The van der Waals surface area contributed by atoms with E-state index in [0.29, 0.717) is 36.3 Å². The fourth-order valence-corrected chi connectivity index (χ4v) is 2.32. The molecule has 0 atom stereocenters. The highest BCUT2D eigenvalue weighted by atomic mass is 16.5. The maximum atomic E-state index is 12.0. The van der Waals surface area contributed by atoms with Gasteiger partial charge in [0.15, 0.2) is 0 Å². The lowest BCUT2D eigenvalue weighted by atomic mass is 10.2. The second-order valence-electron chi connectivity index (χ2n) is 5.40. The first-order valence-corrected chi connectivity index (χ1v) is 8.05. The van der Waals surface area contributed by atoms with E-state index >= 15 is 0 Å². The van der Waals surface area contributed by atoms with Crippen molar-refractivity contribution < 1.29 is 18.4 Å². The summed E-state index contributed by atoms with van der Waals surface area (Å²) in [4.78, 5) is 12.0. The second kappa shape index (κ2) is 7.65. The molecular weight excluding hydrogens is 322 g/mol. The van der Waals surface area contributed by atoms with E-state index in [1.165, 1.54) is 0 Å². The molecular formula is C18H19N3O4. The number of nitrogens with zero attached hydrogens (tertiary/aromatic N) is 2. The molecule has 130 valence electrons. The van der Waals surface area contributed by atoms with Crippen LogP contribution in [0.3, 0.4) is 0 Å². The summed E-state index contributed by atoms with van der Waals surface area (Å²) in [6.07, 6.45) is 2.19. The molecule has 1 aromatic carbocycles. The van der Waals surface area contributed by atoms with Gasteiger partial charge in [0.2, 0.25) is 11.8 Å². The Morgan fingerprint density at radius 3 is 2.68 bits per heavy atom.